The van der Waals surface area contributed by atoms with Gasteiger partial charge < -0.3 is 9.73 Å². The lowest BCUT2D eigenvalue weighted by Crippen LogP contribution is -2.27. The lowest BCUT2D eigenvalue weighted by molar-refractivity contribution is 0.456. The van der Waals surface area contributed by atoms with Gasteiger partial charge in [0.1, 0.15) is 5.76 Å². The maximum atomic E-state index is 5.31. The fourth-order valence-electron chi connectivity index (χ4n) is 1.60. The van der Waals surface area contributed by atoms with Gasteiger partial charge >= 0.3 is 0 Å². The normalized spacial score (nSPS) is 12.6. The molecule has 84 valence electrons. The summed E-state index contributed by atoms with van der Waals surface area (Å²) < 4.78 is 5.31. The molecule has 2 aromatic heterocycles. The van der Waals surface area contributed by atoms with E-state index in [4.69, 9.17) is 4.42 Å². The summed E-state index contributed by atoms with van der Waals surface area (Å²) in [6, 6.07) is 8.37. The van der Waals surface area contributed by atoms with Gasteiger partial charge in [0, 0.05) is 31.4 Å². The van der Waals surface area contributed by atoms with Gasteiger partial charge in [-0.05, 0) is 36.8 Å². The van der Waals surface area contributed by atoms with Gasteiger partial charge in [0.05, 0.1) is 6.26 Å². The Morgan fingerprint density at radius 1 is 1.31 bits per heavy atom. The van der Waals surface area contributed by atoms with Crippen LogP contribution in [0, 0.1) is 0 Å². The Morgan fingerprint density at radius 2 is 2.12 bits per heavy atom. The van der Waals surface area contributed by atoms with E-state index >= 15 is 0 Å². The van der Waals surface area contributed by atoms with E-state index in [1.807, 2.05) is 36.7 Å². The van der Waals surface area contributed by atoms with Crippen LogP contribution in [0.1, 0.15) is 18.2 Å². The maximum absolute atomic E-state index is 5.31. The minimum atomic E-state index is 0.402. The highest BCUT2D eigenvalue weighted by Gasteiger charge is 2.04. The Kier molecular flexibility index (Phi) is 3.72. The third-order valence-corrected chi connectivity index (χ3v) is 2.49. The highest BCUT2D eigenvalue weighted by atomic mass is 16.3. The molecule has 0 aliphatic heterocycles. The molecule has 3 heteroatoms. The first-order valence-corrected chi connectivity index (χ1v) is 5.49. The molecule has 0 amide bonds. The van der Waals surface area contributed by atoms with E-state index in [2.05, 4.69) is 17.2 Å². The summed E-state index contributed by atoms with van der Waals surface area (Å²) in [6.45, 7) is 3.02. The van der Waals surface area contributed by atoms with Gasteiger partial charge in [0.15, 0.2) is 0 Å². The Morgan fingerprint density at radius 3 is 2.81 bits per heavy atom. The number of hydrogen-bond donors (Lipinski definition) is 1. The van der Waals surface area contributed by atoms with Crippen molar-refractivity contribution in [3.05, 3.63) is 54.2 Å². The lowest BCUT2D eigenvalue weighted by Gasteiger charge is -2.12. The van der Waals surface area contributed by atoms with E-state index in [-0.39, 0.29) is 0 Å². The fourth-order valence-corrected chi connectivity index (χ4v) is 1.60. The summed E-state index contributed by atoms with van der Waals surface area (Å²) in [6.07, 6.45) is 6.26. The Labute approximate surface area is 95.5 Å². The standard InChI is InChI=1S/C13H16N2O/c1-11(9-13-3-2-8-16-13)15-10-12-4-6-14-7-5-12/h2-8,11,15H,9-10H2,1H3. The van der Waals surface area contributed by atoms with E-state index in [1.165, 1.54) is 5.56 Å². The van der Waals surface area contributed by atoms with Crippen LogP contribution < -0.4 is 5.32 Å². The molecular weight excluding hydrogens is 200 g/mol. The van der Waals surface area contributed by atoms with Gasteiger partial charge in [0.2, 0.25) is 0 Å². The van der Waals surface area contributed by atoms with Crippen LogP contribution in [0.2, 0.25) is 0 Å². The molecule has 0 bridgehead atoms. The third-order valence-electron chi connectivity index (χ3n) is 2.49. The first kappa shape index (κ1) is 10.9. The smallest absolute Gasteiger partial charge is 0.105 e. The zero-order chi connectivity index (χ0) is 11.2. The highest BCUT2D eigenvalue weighted by molar-refractivity contribution is 5.09. The second kappa shape index (κ2) is 5.47. The van der Waals surface area contributed by atoms with Gasteiger partial charge in [-0.2, -0.15) is 0 Å². The van der Waals surface area contributed by atoms with Crippen LogP contribution in [0.4, 0.5) is 0 Å². The highest BCUT2D eigenvalue weighted by Crippen LogP contribution is 2.04. The van der Waals surface area contributed by atoms with Crippen LogP contribution in [0.25, 0.3) is 0 Å². The SMILES string of the molecule is CC(Cc1ccco1)NCc1ccncc1. The molecule has 2 aromatic rings. The molecule has 2 heterocycles. The van der Waals surface area contributed by atoms with E-state index < -0.39 is 0 Å². The maximum Gasteiger partial charge on any atom is 0.105 e. The molecule has 0 saturated carbocycles. The summed E-state index contributed by atoms with van der Waals surface area (Å²) >= 11 is 0. The molecular formula is C13H16N2O. The largest absolute Gasteiger partial charge is 0.469 e. The molecule has 2 rings (SSSR count). The summed E-state index contributed by atoms with van der Waals surface area (Å²) in [5, 5.41) is 3.45. The predicted octanol–water partition coefficient (Wildman–Crippen LogP) is 2.40. The molecule has 1 atom stereocenters. The van der Waals surface area contributed by atoms with Crippen LogP contribution in [0.5, 0.6) is 0 Å². The van der Waals surface area contributed by atoms with Gasteiger partial charge in [-0.3, -0.25) is 4.98 Å². The molecule has 0 saturated heterocycles. The number of nitrogens with zero attached hydrogens (tertiary/aromatic N) is 1. The molecule has 0 radical (unpaired) electrons. The van der Waals surface area contributed by atoms with Crippen molar-refractivity contribution in [2.75, 3.05) is 0 Å². The molecule has 3 nitrogen and oxygen atoms in total. The quantitative estimate of drug-likeness (QED) is 0.834. The van der Waals surface area contributed by atoms with Crippen molar-refractivity contribution >= 4 is 0 Å². The molecule has 0 spiro atoms. The number of hydrogen-bond acceptors (Lipinski definition) is 3. The van der Waals surface area contributed by atoms with Crippen LogP contribution in [0.3, 0.4) is 0 Å². The molecule has 0 fully saturated rings. The van der Waals surface area contributed by atoms with Crippen molar-refractivity contribution in [3.8, 4) is 0 Å². The number of nitrogens with one attached hydrogen (secondary N) is 1. The fraction of sp³-hybridized carbons (Fsp3) is 0.308. The van der Waals surface area contributed by atoms with Crippen LogP contribution in [-0.4, -0.2) is 11.0 Å². The molecule has 0 aromatic carbocycles. The zero-order valence-electron chi connectivity index (χ0n) is 9.39. The van der Waals surface area contributed by atoms with Crippen LogP contribution >= 0.6 is 0 Å². The Bertz CT molecular complexity index is 397. The number of furan rings is 1. The summed E-state index contributed by atoms with van der Waals surface area (Å²) in [5.41, 5.74) is 1.25. The zero-order valence-corrected chi connectivity index (χ0v) is 9.39. The van der Waals surface area contributed by atoms with Gasteiger partial charge in [-0.25, -0.2) is 0 Å². The van der Waals surface area contributed by atoms with E-state index in [1.54, 1.807) is 6.26 Å². The number of aromatic nitrogens is 1. The van der Waals surface area contributed by atoms with Crippen LogP contribution in [0.15, 0.2) is 47.3 Å². The van der Waals surface area contributed by atoms with Gasteiger partial charge in [-0.15, -0.1) is 0 Å². The minimum Gasteiger partial charge on any atom is -0.469 e. The van der Waals surface area contributed by atoms with Crippen molar-refractivity contribution in [1.29, 1.82) is 0 Å². The Hall–Kier alpha value is -1.61. The first-order valence-electron chi connectivity index (χ1n) is 5.49. The minimum absolute atomic E-state index is 0.402. The Balaban J connectivity index is 1.78. The summed E-state index contributed by atoms with van der Waals surface area (Å²) in [5.74, 6) is 1.02. The monoisotopic (exact) mass is 216 g/mol. The molecule has 1 unspecified atom stereocenters. The van der Waals surface area contributed by atoms with Crippen molar-refractivity contribution < 1.29 is 4.42 Å². The average Bonchev–Trinajstić information content (AvgIpc) is 2.81. The predicted molar refractivity (Wildman–Crippen MR) is 63.0 cm³/mol. The van der Waals surface area contributed by atoms with E-state index in [0.29, 0.717) is 6.04 Å². The van der Waals surface area contributed by atoms with Gasteiger partial charge in [-0.1, -0.05) is 0 Å². The molecule has 16 heavy (non-hydrogen) atoms. The van der Waals surface area contributed by atoms with Crippen molar-refractivity contribution in [2.45, 2.75) is 25.9 Å². The van der Waals surface area contributed by atoms with E-state index in [9.17, 15) is 0 Å². The van der Waals surface area contributed by atoms with Crippen molar-refractivity contribution in [2.24, 2.45) is 0 Å². The lowest BCUT2D eigenvalue weighted by atomic mass is 10.2. The molecule has 0 aliphatic rings. The summed E-state index contributed by atoms with van der Waals surface area (Å²) in [4.78, 5) is 3.99. The van der Waals surface area contributed by atoms with Crippen LogP contribution in [-0.2, 0) is 13.0 Å². The average molecular weight is 216 g/mol. The topological polar surface area (TPSA) is 38.1 Å². The molecule has 0 aliphatic carbocycles. The second-order valence-electron chi connectivity index (χ2n) is 3.92. The summed E-state index contributed by atoms with van der Waals surface area (Å²) in [7, 11) is 0. The van der Waals surface area contributed by atoms with Crippen molar-refractivity contribution in [1.82, 2.24) is 10.3 Å². The third kappa shape index (κ3) is 3.21. The van der Waals surface area contributed by atoms with E-state index in [0.717, 1.165) is 18.7 Å². The van der Waals surface area contributed by atoms with Crippen molar-refractivity contribution in [3.63, 3.8) is 0 Å². The number of pyridine rings is 1. The number of rotatable bonds is 5. The first-order chi connectivity index (χ1) is 7.84. The van der Waals surface area contributed by atoms with Gasteiger partial charge in [0.25, 0.3) is 0 Å². The second-order valence-corrected chi connectivity index (χ2v) is 3.92. The molecule has 1 N–H and O–H groups in total.